The summed E-state index contributed by atoms with van der Waals surface area (Å²) in [6.07, 6.45) is 0.280. The van der Waals surface area contributed by atoms with Gasteiger partial charge >= 0.3 is 0 Å². The Kier molecular flexibility index (Phi) is 3.06. The molecule has 0 saturated heterocycles. The zero-order valence-electron chi connectivity index (χ0n) is 9.87. The van der Waals surface area contributed by atoms with E-state index in [1.807, 2.05) is 26.0 Å². The molecule has 0 aliphatic carbocycles. The smallest absolute Gasteiger partial charge is 0.149 e. The van der Waals surface area contributed by atoms with Gasteiger partial charge in [-0.2, -0.15) is 5.26 Å². The summed E-state index contributed by atoms with van der Waals surface area (Å²) in [7, 11) is 0. The molecular weight excluding hydrogens is 215 g/mol. The van der Waals surface area contributed by atoms with Crippen LogP contribution >= 0.6 is 0 Å². The molecule has 0 bridgehead atoms. The van der Waals surface area contributed by atoms with Gasteiger partial charge < -0.3 is 0 Å². The van der Waals surface area contributed by atoms with Gasteiger partial charge in [-0.25, -0.2) is 9.37 Å². The standard InChI is InChI=1S/C14H13FN2/c1-9(2)13-8-10(6-7-16)11-4-3-5-12(15)14(11)17-13/h3-5,8-9H,6H2,1-2H3. The molecule has 2 aromatic rings. The lowest BCUT2D eigenvalue weighted by Gasteiger charge is -2.10. The first-order chi connectivity index (χ1) is 8.13. The molecule has 0 radical (unpaired) electrons. The van der Waals surface area contributed by atoms with Crippen LogP contribution < -0.4 is 0 Å². The van der Waals surface area contributed by atoms with Crippen LogP contribution in [-0.4, -0.2) is 4.98 Å². The number of aromatic nitrogens is 1. The number of hydrogen-bond donors (Lipinski definition) is 0. The molecule has 17 heavy (non-hydrogen) atoms. The van der Waals surface area contributed by atoms with Crippen LogP contribution in [0.1, 0.15) is 31.0 Å². The first-order valence-corrected chi connectivity index (χ1v) is 5.58. The van der Waals surface area contributed by atoms with E-state index < -0.39 is 0 Å². The van der Waals surface area contributed by atoms with Gasteiger partial charge in [0.15, 0.2) is 0 Å². The van der Waals surface area contributed by atoms with Crippen LogP contribution in [0.25, 0.3) is 10.9 Å². The summed E-state index contributed by atoms with van der Waals surface area (Å²) in [4.78, 5) is 4.33. The van der Waals surface area contributed by atoms with Crippen molar-refractivity contribution in [3.8, 4) is 6.07 Å². The molecule has 86 valence electrons. The Morgan fingerprint density at radius 1 is 1.41 bits per heavy atom. The fourth-order valence-corrected chi connectivity index (χ4v) is 1.83. The number of para-hydroxylation sites is 1. The van der Waals surface area contributed by atoms with Crippen LogP contribution in [0.15, 0.2) is 24.3 Å². The van der Waals surface area contributed by atoms with Crippen LogP contribution in [-0.2, 0) is 6.42 Å². The van der Waals surface area contributed by atoms with E-state index in [1.165, 1.54) is 6.07 Å². The normalized spacial score (nSPS) is 10.8. The molecule has 0 amide bonds. The summed E-state index contributed by atoms with van der Waals surface area (Å²) < 4.78 is 13.7. The van der Waals surface area contributed by atoms with Crippen molar-refractivity contribution in [2.75, 3.05) is 0 Å². The third-order valence-electron chi connectivity index (χ3n) is 2.76. The maximum absolute atomic E-state index is 13.7. The van der Waals surface area contributed by atoms with E-state index in [2.05, 4.69) is 11.1 Å². The van der Waals surface area contributed by atoms with Gasteiger partial charge in [-0.3, -0.25) is 0 Å². The zero-order valence-corrected chi connectivity index (χ0v) is 9.87. The Morgan fingerprint density at radius 3 is 2.82 bits per heavy atom. The Bertz CT molecular complexity index is 597. The SMILES string of the molecule is CC(C)c1cc(CC#N)c2cccc(F)c2n1. The number of pyridine rings is 1. The largest absolute Gasteiger partial charge is 0.249 e. The topological polar surface area (TPSA) is 36.7 Å². The average molecular weight is 228 g/mol. The van der Waals surface area contributed by atoms with E-state index in [0.717, 1.165) is 16.6 Å². The lowest BCUT2D eigenvalue weighted by Crippen LogP contribution is -1.98. The highest BCUT2D eigenvalue weighted by atomic mass is 19.1. The third kappa shape index (κ3) is 2.12. The molecule has 0 unspecified atom stereocenters. The van der Waals surface area contributed by atoms with Crippen LogP contribution in [0, 0.1) is 17.1 Å². The fraction of sp³-hybridized carbons (Fsp3) is 0.286. The Labute approximate surface area is 99.7 Å². The van der Waals surface area contributed by atoms with Crippen LogP contribution in [0.5, 0.6) is 0 Å². The molecule has 0 atom stereocenters. The third-order valence-corrected chi connectivity index (χ3v) is 2.76. The molecule has 1 aromatic carbocycles. The second-order valence-electron chi connectivity index (χ2n) is 4.33. The van der Waals surface area contributed by atoms with Crippen LogP contribution in [0.3, 0.4) is 0 Å². The molecule has 0 fully saturated rings. The van der Waals surface area contributed by atoms with E-state index in [9.17, 15) is 4.39 Å². The van der Waals surface area contributed by atoms with E-state index in [0.29, 0.717) is 5.52 Å². The summed E-state index contributed by atoms with van der Waals surface area (Å²) in [5.41, 5.74) is 2.04. The van der Waals surface area contributed by atoms with Crippen molar-refractivity contribution in [2.45, 2.75) is 26.2 Å². The highest BCUT2D eigenvalue weighted by molar-refractivity contribution is 5.83. The zero-order chi connectivity index (χ0) is 12.4. The predicted octanol–water partition coefficient (Wildman–Crippen LogP) is 3.56. The number of rotatable bonds is 2. The monoisotopic (exact) mass is 228 g/mol. The molecule has 2 rings (SSSR count). The molecule has 0 spiro atoms. The first-order valence-electron chi connectivity index (χ1n) is 5.58. The summed E-state index contributed by atoms with van der Waals surface area (Å²) in [6.45, 7) is 4.01. The van der Waals surface area contributed by atoms with Gasteiger partial charge in [-0.1, -0.05) is 26.0 Å². The minimum absolute atomic E-state index is 0.219. The second-order valence-corrected chi connectivity index (χ2v) is 4.33. The number of nitriles is 1. The van der Waals surface area contributed by atoms with E-state index >= 15 is 0 Å². The molecule has 3 heteroatoms. The van der Waals surface area contributed by atoms with Crippen molar-refractivity contribution in [1.82, 2.24) is 4.98 Å². The number of hydrogen-bond acceptors (Lipinski definition) is 2. The summed E-state index contributed by atoms with van der Waals surface area (Å²) in [6, 6.07) is 8.86. The Balaban J connectivity index is 2.77. The van der Waals surface area contributed by atoms with Gasteiger partial charge in [0.05, 0.1) is 12.5 Å². The van der Waals surface area contributed by atoms with Gasteiger partial charge in [0.25, 0.3) is 0 Å². The van der Waals surface area contributed by atoms with Crippen molar-refractivity contribution < 1.29 is 4.39 Å². The highest BCUT2D eigenvalue weighted by Crippen LogP contribution is 2.24. The average Bonchev–Trinajstić information content (AvgIpc) is 2.30. The maximum atomic E-state index is 13.7. The summed E-state index contributed by atoms with van der Waals surface area (Å²) in [5, 5.41) is 9.55. The molecule has 0 N–H and O–H groups in total. The molecule has 1 heterocycles. The van der Waals surface area contributed by atoms with Gasteiger partial charge in [-0.15, -0.1) is 0 Å². The van der Waals surface area contributed by atoms with Crippen molar-refractivity contribution in [3.05, 3.63) is 41.3 Å². The highest BCUT2D eigenvalue weighted by Gasteiger charge is 2.10. The van der Waals surface area contributed by atoms with Crippen molar-refractivity contribution in [3.63, 3.8) is 0 Å². The summed E-state index contributed by atoms with van der Waals surface area (Å²) >= 11 is 0. The predicted molar refractivity (Wildman–Crippen MR) is 65.1 cm³/mol. The Morgan fingerprint density at radius 2 is 2.18 bits per heavy atom. The molecule has 1 aromatic heterocycles. The van der Waals surface area contributed by atoms with Gasteiger partial charge in [0.1, 0.15) is 11.3 Å². The van der Waals surface area contributed by atoms with E-state index in [1.54, 1.807) is 6.07 Å². The minimum Gasteiger partial charge on any atom is -0.249 e. The molecule has 0 aliphatic rings. The van der Waals surface area contributed by atoms with Crippen molar-refractivity contribution in [2.24, 2.45) is 0 Å². The number of fused-ring (bicyclic) bond motifs is 1. The minimum atomic E-state index is -0.329. The van der Waals surface area contributed by atoms with Crippen molar-refractivity contribution in [1.29, 1.82) is 5.26 Å². The van der Waals surface area contributed by atoms with Gasteiger partial charge in [0.2, 0.25) is 0 Å². The fourth-order valence-electron chi connectivity index (χ4n) is 1.83. The molecule has 0 aliphatic heterocycles. The second kappa shape index (κ2) is 4.50. The van der Waals surface area contributed by atoms with Crippen LogP contribution in [0.4, 0.5) is 4.39 Å². The van der Waals surface area contributed by atoms with Gasteiger partial charge in [0, 0.05) is 11.1 Å². The van der Waals surface area contributed by atoms with E-state index in [4.69, 9.17) is 5.26 Å². The number of nitrogens with zero attached hydrogens (tertiary/aromatic N) is 2. The maximum Gasteiger partial charge on any atom is 0.149 e. The number of benzene rings is 1. The molecule has 0 saturated carbocycles. The lowest BCUT2D eigenvalue weighted by molar-refractivity contribution is 0.635. The molecule has 2 nitrogen and oxygen atoms in total. The quantitative estimate of drug-likeness (QED) is 0.788. The first kappa shape index (κ1) is 11.5. The number of halogens is 1. The summed E-state index contributed by atoms with van der Waals surface area (Å²) in [5.74, 6) is -0.111. The van der Waals surface area contributed by atoms with Crippen molar-refractivity contribution >= 4 is 10.9 Å². The lowest BCUT2D eigenvalue weighted by atomic mass is 10.0. The Hall–Kier alpha value is -1.95. The van der Waals surface area contributed by atoms with E-state index in [-0.39, 0.29) is 18.2 Å². The van der Waals surface area contributed by atoms with Crippen LogP contribution in [0.2, 0.25) is 0 Å². The van der Waals surface area contributed by atoms with Gasteiger partial charge in [-0.05, 0) is 23.6 Å². The molecular formula is C14H13FN2.